The molecule has 2 N–H and O–H groups in total. The third-order valence-electron chi connectivity index (χ3n) is 4.54. The molecule has 3 rings (SSSR count). The highest BCUT2D eigenvalue weighted by atomic mass is 32.2. The van der Waals surface area contributed by atoms with E-state index in [0.29, 0.717) is 0 Å². The normalized spacial score (nSPS) is 28.3. The number of benzene rings is 1. The average molecular weight is 262 g/mol. The van der Waals surface area contributed by atoms with Crippen LogP contribution in [0.25, 0.3) is 0 Å². The van der Waals surface area contributed by atoms with Gasteiger partial charge in [-0.3, -0.25) is 4.90 Å². The molecule has 0 radical (unpaired) electrons. The number of nitrogens with zero attached hydrogens (tertiary/aromatic N) is 1. The quantitative estimate of drug-likeness (QED) is 0.830. The van der Waals surface area contributed by atoms with Gasteiger partial charge >= 0.3 is 0 Å². The van der Waals surface area contributed by atoms with Gasteiger partial charge in [0.25, 0.3) is 0 Å². The van der Waals surface area contributed by atoms with E-state index in [9.17, 15) is 0 Å². The molecule has 1 aliphatic heterocycles. The second kappa shape index (κ2) is 5.14. The summed E-state index contributed by atoms with van der Waals surface area (Å²) in [5, 5.41) is 0.899. The van der Waals surface area contributed by atoms with Crippen molar-refractivity contribution in [3.8, 4) is 0 Å². The van der Waals surface area contributed by atoms with E-state index >= 15 is 0 Å². The molecule has 0 bridgehead atoms. The molecule has 98 valence electrons. The zero-order valence-corrected chi connectivity index (χ0v) is 11.9. The number of anilines is 1. The fraction of sp³-hybridized carbons (Fsp3) is 0.600. The summed E-state index contributed by atoms with van der Waals surface area (Å²) in [6.45, 7) is 2.17. The molecule has 3 heteroatoms. The summed E-state index contributed by atoms with van der Waals surface area (Å²) in [6.07, 6.45) is 7.73. The van der Waals surface area contributed by atoms with Gasteiger partial charge in [0.1, 0.15) is 0 Å². The van der Waals surface area contributed by atoms with E-state index in [1.807, 2.05) is 17.8 Å². The topological polar surface area (TPSA) is 29.3 Å². The molecule has 0 aromatic heterocycles. The average Bonchev–Trinajstić information content (AvgIpc) is 2.84. The SMILES string of the molecule is CSC1CCC(N2Cc3cccc(N)c3C2)CC1. The number of thioether (sulfide) groups is 1. The monoisotopic (exact) mass is 262 g/mol. The molecule has 0 atom stereocenters. The van der Waals surface area contributed by atoms with Crippen LogP contribution >= 0.6 is 11.8 Å². The van der Waals surface area contributed by atoms with Crippen molar-refractivity contribution in [2.45, 2.75) is 50.1 Å². The van der Waals surface area contributed by atoms with Crippen molar-refractivity contribution in [2.24, 2.45) is 0 Å². The molecule has 2 nitrogen and oxygen atoms in total. The first-order valence-corrected chi connectivity index (χ1v) is 8.20. The standard InChI is InChI=1S/C15H22N2S/c1-18-13-7-5-12(6-8-13)17-9-11-3-2-4-15(16)14(11)10-17/h2-4,12-13H,5-10,16H2,1H3. The van der Waals surface area contributed by atoms with Gasteiger partial charge in [-0.25, -0.2) is 0 Å². The maximum absolute atomic E-state index is 6.08. The van der Waals surface area contributed by atoms with Crippen molar-refractivity contribution in [2.75, 3.05) is 12.0 Å². The van der Waals surface area contributed by atoms with Crippen LogP contribution in [0.3, 0.4) is 0 Å². The number of fused-ring (bicyclic) bond motifs is 1. The molecule has 18 heavy (non-hydrogen) atoms. The lowest BCUT2D eigenvalue weighted by atomic mass is 9.94. The van der Waals surface area contributed by atoms with Gasteiger partial charge in [0, 0.05) is 30.1 Å². The predicted molar refractivity (Wildman–Crippen MR) is 79.7 cm³/mol. The lowest BCUT2D eigenvalue weighted by Crippen LogP contribution is -2.34. The van der Waals surface area contributed by atoms with Crippen molar-refractivity contribution in [3.05, 3.63) is 29.3 Å². The minimum atomic E-state index is 0.778. The Morgan fingerprint density at radius 2 is 1.94 bits per heavy atom. The van der Waals surface area contributed by atoms with Gasteiger partial charge in [0.15, 0.2) is 0 Å². The Morgan fingerprint density at radius 1 is 1.17 bits per heavy atom. The summed E-state index contributed by atoms with van der Waals surface area (Å²) in [7, 11) is 0. The molecule has 0 unspecified atom stereocenters. The Morgan fingerprint density at radius 3 is 2.61 bits per heavy atom. The minimum absolute atomic E-state index is 0.778. The number of hydrogen-bond donors (Lipinski definition) is 1. The van der Waals surface area contributed by atoms with E-state index in [-0.39, 0.29) is 0 Å². The minimum Gasteiger partial charge on any atom is -0.398 e. The van der Waals surface area contributed by atoms with E-state index in [2.05, 4.69) is 23.3 Å². The number of hydrogen-bond acceptors (Lipinski definition) is 3. The molecule has 1 heterocycles. The maximum Gasteiger partial charge on any atom is 0.0363 e. The molecule has 0 saturated heterocycles. The summed E-state index contributed by atoms with van der Waals surface area (Å²) in [5.41, 5.74) is 9.88. The van der Waals surface area contributed by atoms with E-state index in [4.69, 9.17) is 5.73 Å². The molecule has 0 amide bonds. The Labute approximate surface area is 114 Å². The van der Waals surface area contributed by atoms with Crippen LogP contribution in [-0.4, -0.2) is 22.4 Å². The zero-order valence-electron chi connectivity index (χ0n) is 11.1. The first-order valence-electron chi connectivity index (χ1n) is 6.91. The van der Waals surface area contributed by atoms with Crippen LogP contribution < -0.4 is 5.73 Å². The summed E-state index contributed by atoms with van der Waals surface area (Å²) in [5.74, 6) is 0. The van der Waals surface area contributed by atoms with Crippen LogP contribution in [0.5, 0.6) is 0 Å². The highest BCUT2D eigenvalue weighted by Crippen LogP contribution is 2.35. The van der Waals surface area contributed by atoms with Crippen LogP contribution in [0.1, 0.15) is 36.8 Å². The van der Waals surface area contributed by atoms with E-state index in [1.54, 1.807) is 0 Å². The molecule has 0 spiro atoms. The Bertz CT molecular complexity index is 425. The van der Waals surface area contributed by atoms with Gasteiger partial charge in [-0.2, -0.15) is 11.8 Å². The largest absolute Gasteiger partial charge is 0.398 e. The van der Waals surface area contributed by atoms with E-state index in [0.717, 1.165) is 30.1 Å². The van der Waals surface area contributed by atoms with Crippen LogP contribution in [0, 0.1) is 0 Å². The van der Waals surface area contributed by atoms with Gasteiger partial charge in [-0.15, -0.1) is 0 Å². The smallest absolute Gasteiger partial charge is 0.0363 e. The third kappa shape index (κ3) is 2.26. The fourth-order valence-electron chi connectivity index (χ4n) is 3.38. The fourth-order valence-corrected chi connectivity index (χ4v) is 4.12. The van der Waals surface area contributed by atoms with Gasteiger partial charge in [-0.05, 0) is 49.1 Å². The lowest BCUT2D eigenvalue weighted by molar-refractivity contribution is 0.158. The van der Waals surface area contributed by atoms with Gasteiger partial charge in [0.2, 0.25) is 0 Å². The molecule has 1 aromatic rings. The third-order valence-corrected chi connectivity index (χ3v) is 5.68. The van der Waals surface area contributed by atoms with Crippen LogP contribution in [0.4, 0.5) is 5.69 Å². The molecule has 1 aliphatic carbocycles. The maximum atomic E-state index is 6.08. The van der Waals surface area contributed by atoms with Crippen molar-refractivity contribution in [1.29, 1.82) is 0 Å². The second-order valence-electron chi connectivity index (χ2n) is 5.56. The Kier molecular flexibility index (Phi) is 3.53. The highest BCUT2D eigenvalue weighted by molar-refractivity contribution is 7.99. The van der Waals surface area contributed by atoms with Gasteiger partial charge < -0.3 is 5.73 Å². The molecular formula is C15H22N2S. The van der Waals surface area contributed by atoms with E-state index in [1.165, 1.54) is 36.8 Å². The van der Waals surface area contributed by atoms with Crippen LogP contribution in [0.15, 0.2) is 18.2 Å². The number of nitrogen functional groups attached to an aromatic ring is 1. The van der Waals surface area contributed by atoms with E-state index < -0.39 is 0 Å². The van der Waals surface area contributed by atoms with Crippen molar-refractivity contribution >= 4 is 17.4 Å². The number of rotatable bonds is 2. The summed E-state index contributed by atoms with van der Waals surface area (Å²) >= 11 is 2.04. The molecule has 1 fully saturated rings. The molecule has 1 saturated carbocycles. The molecular weight excluding hydrogens is 240 g/mol. The molecule has 1 aromatic carbocycles. The Hall–Kier alpha value is -0.670. The van der Waals surface area contributed by atoms with Gasteiger partial charge in [-0.1, -0.05) is 12.1 Å². The van der Waals surface area contributed by atoms with Crippen LogP contribution in [0.2, 0.25) is 0 Å². The summed E-state index contributed by atoms with van der Waals surface area (Å²) in [6, 6.07) is 7.13. The van der Waals surface area contributed by atoms with Crippen molar-refractivity contribution in [3.63, 3.8) is 0 Å². The van der Waals surface area contributed by atoms with Crippen LogP contribution in [-0.2, 0) is 13.1 Å². The zero-order chi connectivity index (χ0) is 12.5. The first kappa shape index (κ1) is 12.4. The lowest BCUT2D eigenvalue weighted by Gasteiger charge is -2.33. The summed E-state index contributed by atoms with van der Waals surface area (Å²) < 4.78 is 0. The predicted octanol–water partition coefficient (Wildman–Crippen LogP) is 3.26. The van der Waals surface area contributed by atoms with Gasteiger partial charge in [0.05, 0.1) is 0 Å². The first-order chi connectivity index (χ1) is 8.78. The summed E-state index contributed by atoms with van der Waals surface area (Å²) in [4.78, 5) is 2.64. The second-order valence-corrected chi connectivity index (χ2v) is 6.69. The Balaban J connectivity index is 1.66. The molecule has 2 aliphatic rings. The number of nitrogens with two attached hydrogens (primary N) is 1. The van der Waals surface area contributed by atoms with Crippen molar-refractivity contribution in [1.82, 2.24) is 4.90 Å². The van der Waals surface area contributed by atoms with Crippen molar-refractivity contribution < 1.29 is 0 Å². The highest BCUT2D eigenvalue weighted by Gasteiger charge is 2.30.